The zero-order valence-electron chi connectivity index (χ0n) is 10.5. The molecule has 17 heavy (non-hydrogen) atoms. The van der Waals surface area contributed by atoms with Gasteiger partial charge < -0.3 is 30.3 Å². The highest BCUT2D eigenvalue weighted by Crippen LogP contribution is 1.93. The molecule has 0 aromatic heterocycles. The van der Waals surface area contributed by atoms with Crippen LogP contribution >= 0.6 is 9.47 Å². The van der Waals surface area contributed by atoms with Gasteiger partial charge in [-0.25, -0.2) is 0 Å². The molecule has 1 unspecified atom stereocenters. The number of aliphatic hydroxyl groups excluding tert-OH is 3. The van der Waals surface area contributed by atoms with E-state index in [9.17, 15) is 0 Å². The molecule has 0 spiro atoms. The number of ether oxygens (including phenoxy) is 1. The Morgan fingerprint density at radius 1 is 1.06 bits per heavy atom. The number of nitrogens with two attached hydrogens (primary N) is 1. The lowest BCUT2D eigenvalue weighted by Crippen LogP contribution is -2.50. The maximum absolute atomic E-state index is 8.34. The van der Waals surface area contributed by atoms with Crippen LogP contribution < -0.4 is 5.73 Å². The van der Waals surface area contributed by atoms with E-state index in [1.807, 2.05) is 0 Å². The smallest absolute Gasteiger partial charge is 0.0856 e. The van der Waals surface area contributed by atoms with E-state index in [4.69, 9.17) is 30.3 Å². The summed E-state index contributed by atoms with van der Waals surface area (Å²) < 4.78 is 9.89. The molecule has 0 heterocycles. The van der Waals surface area contributed by atoms with Gasteiger partial charge in [0.05, 0.1) is 38.6 Å². The summed E-state index contributed by atoms with van der Waals surface area (Å²) in [5, 5.41) is 25.0. The molecule has 0 aromatic carbocycles. The Morgan fingerprint density at radius 2 is 1.59 bits per heavy atom. The molecule has 6 nitrogen and oxygen atoms in total. The van der Waals surface area contributed by atoms with Crippen molar-refractivity contribution in [1.82, 2.24) is 0 Å². The van der Waals surface area contributed by atoms with Crippen LogP contribution in [0.25, 0.3) is 0 Å². The van der Waals surface area contributed by atoms with Crippen LogP contribution in [0.4, 0.5) is 0 Å². The van der Waals surface area contributed by atoms with Crippen molar-refractivity contribution in [2.45, 2.75) is 25.3 Å². The molecule has 0 saturated carbocycles. The lowest BCUT2D eigenvalue weighted by atomic mass is 10.1. The van der Waals surface area contributed by atoms with E-state index in [0.717, 1.165) is 13.0 Å². The van der Waals surface area contributed by atoms with Crippen LogP contribution in [0.5, 0.6) is 0 Å². The minimum Gasteiger partial charge on any atom is -0.394 e. The number of aliphatic hydroxyl groups is 3. The van der Waals surface area contributed by atoms with Crippen LogP contribution in [-0.2, 0) is 9.26 Å². The van der Waals surface area contributed by atoms with Crippen molar-refractivity contribution in [1.29, 1.82) is 0 Å². The van der Waals surface area contributed by atoms with E-state index < -0.39 is 25.4 Å². The van der Waals surface area contributed by atoms with Crippen molar-refractivity contribution in [2.24, 2.45) is 5.73 Å². The van der Waals surface area contributed by atoms with Gasteiger partial charge in [0.2, 0.25) is 0 Å². The predicted octanol–water partition coefficient (Wildman–Crippen LogP) is -0.729. The Morgan fingerprint density at radius 3 is 1.88 bits per heavy atom. The fraction of sp³-hybridized carbons (Fsp3) is 1.00. The summed E-state index contributed by atoms with van der Waals surface area (Å²) in [4.78, 5) is 0. The molecular weight excluding hydrogens is 245 g/mol. The lowest BCUT2D eigenvalue weighted by molar-refractivity contribution is 0.0698. The van der Waals surface area contributed by atoms with Crippen LogP contribution in [0.2, 0.25) is 0 Å². The highest BCUT2D eigenvalue weighted by molar-refractivity contribution is 7.09. The minimum absolute atomic E-state index is 0.403. The minimum atomic E-state index is -1.21. The molecule has 5 N–H and O–H groups in total. The molecule has 106 valence electrons. The van der Waals surface area contributed by atoms with Gasteiger partial charge in [-0.1, -0.05) is 13.3 Å². The van der Waals surface area contributed by atoms with Gasteiger partial charge >= 0.3 is 0 Å². The van der Waals surface area contributed by atoms with Gasteiger partial charge in [-0.05, 0) is 6.42 Å². The maximum Gasteiger partial charge on any atom is 0.0856 e. The molecule has 0 fully saturated rings. The van der Waals surface area contributed by atoms with Gasteiger partial charge in [-0.3, -0.25) is 0 Å². The molecular formula is C10H26NO5P. The third kappa shape index (κ3) is 14.1. The zero-order chi connectivity index (χ0) is 13.6. The van der Waals surface area contributed by atoms with Gasteiger partial charge in [0.25, 0.3) is 0 Å². The lowest BCUT2D eigenvalue weighted by Gasteiger charge is -2.20. The van der Waals surface area contributed by atoms with Crippen LogP contribution in [0.3, 0.4) is 0 Å². The number of rotatable bonds is 9. The summed E-state index contributed by atoms with van der Waals surface area (Å²) in [6.07, 6.45) is 2.35. The van der Waals surface area contributed by atoms with Crippen LogP contribution in [-0.4, -0.2) is 60.5 Å². The van der Waals surface area contributed by atoms with Crippen molar-refractivity contribution in [2.75, 3.05) is 39.6 Å². The first-order chi connectivity index (χ1) is 8.10. The number of hydrogen-bond donors (Lipinski definition) is 4. The molecule has 0 aliphatic heterocycles. The zero-order valence-corrected chi connectivity index (χ0v) is 11.6. The summed E-state index contributed by atoms with van der Waals surface area (Å²) in [6.45, 7) is 3.19. The van der Waals surface area contributed by atoms with Gasteiger partial charge in [-0.15, -0.1) is 0 Å². The summed E-state index contributed by atoms with van der Waals surface area (Å²) in [6, 6.07) is 0. The van der Waals surface area contributed by atoms with Crippen LogP contribution in [0.1, 0.15) is 19.8 Å². The molecule has 1 atom stereocenters. The van der Waals surface area contributed by atoms with Gasteiger partial charge in [0, 0.05) is 16.1 Å². The predicted molar refractivity (Wildman–Crippen MR) is 69.6 cm³/mol. The van der Waals surface area contributed by atoms with E-state index in [2.05, 4.69) is 16.4 Å². The molecule has 0 saturated heterocycles. The SMILES string of the molecule is CCCCOCCOP.NC(CO)(CO)CO. The first kappa shape index (κ1) is 19.5. The molecule has 0 aromatic rings. The van der Waals surface area contributed by atoms with Crippen molar-refractivity contribution in [3.05, 3.63) is 0 Å². The van der Waals surface area contributed by atoms with E-state index in [1.165, 1.54) is 6.42 Å². The summed E-state index contributed by atoms with van der Waals surface area (Å²) >= 11 is 0. The highest BCUT2D eigenvalue weighted by Gasteiger charge is 2.20. The topological polar surface area (TPSA) is 105 Å². The highest BCUT2D eigenvalue weighted by atomic mass is 31.0. The molecule has 0 amide bonds. The molecule has 0 aliphatic carbocycles. The summed E-state index contributed by atoms with van der Waals surface area (Å²) in [5.41, 5.74) is 3.94. The third-order valence-electron chi connectivity index (χ3n) is 1.93. The average molecular weight is 271 g/mol. The number of unbranched alkanes of at least 4 members (excludes halogenated alkanes) is 1. The Labute approximate surface area is 105 Å². The largest absolute Gasteiger partial charge is 0.394 e. The maximum atomic E-state index is 8.34. The van der Waals surface area contributed by atoms with Crippen LogP contribution in [0, 0.1) is 0 Å². The quantitative estimate of drug-likeness (QED) is 0.325. The summed E-state index contributed by atoms with van der Waals surface area (Å²) in [5.74, 6) is 0. The monoisotopic (exact) mass is 271 g/mol. The van der Waals surface area contributed by atoms with Gasteiger partial charge in [0.1, 0.15) is 0 Å². The van der Waals surface area contributed by atoms with E-state index in [-0.39, 0.29) is 0 Å². The van der Waals surface area contributed by atoms with E-state index in [1.54, 1.807) is 0 Å². The van der Waals surface area contributed by atoms with Crippen molar-refractivity contribution >= 4 is 9.47 Å². The Balaban J connectivity index is 0. The molecule has 0 bridgehead atoms. The third-order valence-corrected chi connectivity index (χ3v) is 2.17. The Hall–Kier alpha value is 0.190. The second kappa shape index (κ2) is 14.3. The first-order valence-corrected chi connectivity index (χ1v) is 6.08. The van der Waals surface area contributed by atoms with E-state index >= 15 is 0 Å². The fourth-order valence-electron chi connectivity index (χ4n) is 0.605. The Kier molecular flexibility index (Phi) is 16.4. The first-order valence-electron chi connectivity index (χ1n) is 5.61. The molecule has 0 rings (SSSR count). The molecule has 0 aliphatic rings. The van der Waals surface area contributed by atoms with Crippen molar-refractivity contribution < 1.29 is 24.6 Å². The normalized spacial score (nSPS) is 10.9. The second-order valence-electron chi connectivity index (χ2n) is 3.67. The van der Waals surface area contributed by atoms with Gasteiger partial charge in [-0.2, -0.15) is 0 Å². The Bertz CT molecular complexity index is 132. The van der Waals surface area contributed by atoms with E-state index in [0.29, 0.717) is 13.2 Å². The van der Waals surface area contributed by atoms with Crippen molar-refractivity contribution in [3.63, 3.8) is 0 Å². The van der Waals surface area contributed by atoms with Crippen LogP contribution in [0.15, 0.2) is 0 Å². The number of hydrogen-bond acceptors (Lipinski definition) is 6. The standard InChI is InChI=1S/C6H15O2P.C4H11NO3/c1-2-3-4-7-5-6-8-9;5-4(1-6,2-7)3-8/h2-6,9H2,1H3;6-8H,1-3,5H2. The fourth-order valence-corrected chi connectivity index (χ4v) is 0.702. The molecule has 7 heteroatoms. The second-order valence-corrected chi connectivity index (χ2v) is 4.01. The average Bonchev–Trinajstić information content (AvgIpc) is 2.38. The van der Waals surface area contributed by atoms with Gasteiger partial charge in [0.15, 0.2) is 0 Å². The molecule has 0 radical (unpaired) electrons. The van der Waals surface area contributed by atoms with Crippen molar-refractivity contribution in [3.8, 4) is 0 Å². The summed E-state index contributed by atoms with van der Waals surface area (Å²) in [7, 11) is 2.20.